The van der Waals surface area contributed by atoms with Crippen LogP contribution in [0.2, 0.25) is 5.02 Å². The van der Waals surface area contributed by atoms with Gasteiger partial charge < -0.3 is 10.6 Å². The summed E-state index contributed by atoms with van der Waals surface area (Å²) in [6.45, 7) is 4.36. The number of halogens is 1. The second kappa shape index (κ2) is 5.62. The van der Waals surface area contributed by atoms with Crippen LogP contribution in [0.1, 0.15) is 24.8 Å². The number of nitrogens with one attached hydrogen (secondary N) is 1. The fourth-order valence-corrected chi connectivity index (χ4v) is 3.55. The number of rotatable bonds is 2. The number of piperidine rings is 1. The number of hydrogen-bond donors (Lipinski definition) is 2. The van der Waals surface area contributed by atoms with E-state index in [0.717, 1.165) is 30.9 Å². The van der Waals surface area contributed by atoms with E-state index in [1.807, 2.05) is 12.1 Å². The van der Waals surface area contributed by atoms with Gasteiger partial charge in [-0.3, -0.25) is 10.3 Å². The molecule has 3 rings (SSSR count). The van der Waals surface area contributed by atoms with Crippen molar-refractivity contribution in [1.82, 2.24) is 4.90 Å². The molecule has 1 unspecified atom stereocenters. The summed E-state index contributed by atoms with van der Waals surface area (Å²) in [5.41, 5.74) is 7.51. The number of nitrogen functional groups attached to an aromatic ring is 1. The number of fused-ring (bicyclic) bond motifs is 1. The van der Waals surface area contributed by atoms with Gasteiger partial charge in [0.2, 0.25) is 0 Å². The molecule has 2 saturated heterocycles. The Hall–Kier alpha value is -1.26. The molecule has 2 aliphatic rings. The molecule has 0 bridgehead atoms. The van der Waals surface area contributed by atoms with Gasteiger partial charge in [0.1, 0.15) is 5.84 Å². The second-order valence-electron chi connectivity index (χ2n) is 5.71. The molecule has 0 aliphatic carbocycles. The average Bonchev–Trinajstić information content (AvgIpc) is 2.46. The predicted octanol–water partition coefficient (Wildman–Crippen LogP) is 2.30. The van der Waals surface area contributed by atoms with Crippen molar-refractivity contribution >= 4 is 23.1 Å². The van der Waals surface area contributed by atoms with Gasteiger partial charge in [-0.25, -0.2) is 0 Å². The summed E-state index contributed by atoms with van der Waals surface area (Å²) in [6, 6.07) is 6.33. The molecule has 1 aromatic rings. The van der Waals surface area contributed by atoms with E-state index in [9.17, 15) is 0 Å². The lowest BCUT2D eigenvalue weighted by Crippen LogP contribution is -2.55. The molecule has 0 saturated carbocycles. The molecule has 20 heavy (non-hydrogen) atoms. The van der Waals surface area contributed by atoms with E-state index in [1.54, 1.807) is 6.07 Å². The molecule has 0 aromatic heterocycles. The van der Waals surface area contributed by atoms with Crippen LogP contribution in [0.5, 0.6) is 0 Å². The van der Waals surface area contributed by atoms with Crippen molar-refractivity contribution in [2.45, 2.75) is 25.3 Å². The van der Waals surface area contributed by atoms with Gasteiger partial charge >= 0.3 is 0 Å². The molecule has 2 fully saturated rings. The van der Waals surface area contributed by atoms with Gasteiger partial charge in [0.25, 0.3) is 0 Å². The molecule has 1 atom stereocenters. The summed E-state index contributed by atoms with van der Waals surface area (Å²) < 4.78 is 0. The number of nitrogens with two attached hydrogens (primary N) is 1. The Morgan fingerprint density at radius 3 is 2.90 bits per heavy atom. The van der Waals surface area contributed by atoms with Crippen LogP contribution in [0.15, 0.2) is 18.2 Å². The van der Waals surface area contributed by atoms with Gasteiger partial charge in [0, 0.05) is 41.9 Å². The fraction of sp³-hybridized carbons (Fsp3) is 0.533. The molecule has 2 aliphatic heterocycles. The standard InChI is InChI=1S/C15H21ClN4/c16-11-4-5-14(13(9-11)15(17)18)20-8-7-19-6-2-1-3-12(19)10-20/h4-5,9,12H,1-3,6-8,10H2,(H3,17,18). The van der Waals surface area contributed by atoms with Gasteiger partial charge in [0.05, 0.1) is 0 Å². The largest absolute Gasteiger partial charge is 0.384 e. The predicted molar refractivity (Wildman–Crippen MR) is 83.9 cm³/mol. The quantitative estimate of drug-likeness (QED) is 0.649. The lowest BCUT2D eigenvalue weighted by Gasteiger charge is -2.45. The van der Waals surface area contributed by atoms with Crippen LogP contribution < -0.4 is 10.6 Å². The summed E-state index contributed by atoms with van der Waals surface area (Å²) in [4.78, 5) is 4.96. The number of hydrogen-bond acceptors (Lipinski definition) is 3. The molecule has 5 heteroatoms. The van der Waals surface area contributed by atoms with E-state index in [0.29, 0.717) is 11.1 Å². The highest BCUT2D eigenvalue weighted by Crippen LogP contribution is 2.28. The third kappa shape index (κ3) is 2.63. The summed E-state index contributed by atoms with van der Waals surface area (Å²) in [5.74, 6) is 0.0913. The van der Waals surface area contributed by atoms with Crippen molar-refractivity contribution in [3.05, 3.63) is 28.8 Å². The summed E-state index contributed by atoms with van der Waals surface area (Å²) in [6.07, 6.45) is 3.94. The Morgan fingerprint density at radius 1 is 1.25 bits per heavy atom. The minimum atomic E-state index is 0.0913. The monoisotopic (exact) mass is 292 g/mol. The number of anilines is 1. The Morgan fingerprint density at radius 2 is 2.10 bits per heavy atom. The van der Waals surface area contributed by atoms with Crippen molar-refractivity contribution in [1.29, 1.82) is 5.41 Å². The van der Waals surface area contributed by atoms with Gasteiger partial charge in [-0.2, -0.15) is 0 Å². The third-order valence-corrected chi connectivity index (χ3v) is 4.66. The Labute approximate surface area is 125 Å². The number of benzene rings is 1. The first kappa shape index (κ1) is 13.7. The maximum Gasteiger partial charge on any atom is 0.124 e. The summed E-state index contributed by atoms with van der Waals surface area (Å²) in [7, 11) is 0. The van der Waals surface area contributed by atoms with Crippen LogP contribution in [0.3, 0.4) is 0 Å². The Bertz CT molecular complexity index is 517. The van der Waals surface area contributed by atoms with Crippen molar-refractivity contribution in [2.24, 2.45) is 5.73 Å². The molecule has 108 valence electrons. The van der Waals surface area contributed by atoms with Crippen molar-refractivity contribution in [3.63, 3.8) is 0 Å². The van der Waals surface area contributed by atoms with Gasteiger partial charge in [-0.1, -0.05) is 18.0 Å². The molecule has 0 radical (unpaired) electrons. The fourth-order valence-electron chi connectivity index (χ4n) is 3.37. The zero-order valence-corrected chi connectivity index (χ0v) is 12.4. The topological polar surface area (TPSA) is 56.4 Å². The molecular formula is C15H21ClN4. The van der Waals surface area contributed by atoms with Gasteiger partial charge in [-0.15, -0.1) is 0 Å². The van der Waals surface area contributed by atoms with E-state index in [-0.39, 0.29) is 5.84 Å². The smallest absolute Gasteiger partial charge is 0.124 e. The van der Waals surface area contributed by atoms with E-state index in [2.05, 4.69) is 9.80 Å². The Kier molecular flexibility index (Phi) is 3.85. The van der Waals surface area contributed by atoms with Gasteiger partial charge in [-0.05, 0) is 37.6 Å². The third-order valence-electron chi connectivity index (χ3n) is 4.43. The maximum absolute atomic E-state index is 7.76. The number of piperazine rings is 1. The first-order chi connectivity index (χ1) is 9.65. The van der Waals surface area contributed by atoms with Crippen LogP contribution in [0.25, 0.3) is 0 Å². The lowest BCUT2D eigenvalue weighted by atomic mass is 9.98. The molecular weight excluding hydrogens is 272 g/mol. The van der Waals surface area contributed by atoms with Crippen molar-refractivity contribution < 1.29 is 0 Å². The normalized spacial score (nSPS) is 23.4. The Balaban J connectivity index is 1.84. The first-order valence-corrected chi connectivity index (χ1v) is 7.66. The average molecular weight is 293 g/mol. The van der Waals surface area contributed by atoms with Crippen molar-refractivity contribution in [3.8, 4) is 0 Å². The van der Waals surface area contributed by atoms with Crippen LogP contribution in [0.4, 0.5) is 5.69 Å². The minimum absolute atomic E-state index is 0.0913. The SMILES string of the molecule is N=C(N)c1cc(Cl)ccc1N1CCN2CCCCC2C1. The zero-order chi connectivity index (χ0) is 14.1. The number of nitrogens with zero attached hydrogens (tertiary/aromatic N) is 2. The molecule has 0 spiro atoms. The summed E-state index contributed by atoms with van der Waals surface area (Å²) >= 11 is 6.03. The van der Waals surface area contributed by atoms with Crippen molar-refractivity contribution in [2.75, 3.05) is 31.1 Å². The first-order valence-electron chi connectivity index (χ1n) is 7.28. The summed E-state index contributed by atoms with van der Waals surface area (Å²) in [5, 5.41) is 8.39. The van der Waals surface area contributed by atoms with Crippen LogP contribution in [0, 0.1) is 5.41 Å². The molecule has 3 N–H and O–H groups in total. The van der Waals surface area contributed by atoms with Crippen LogP contribution in [-0.4, -0.2) is 43.0 Å². The highest BCUT2D eigenvalue weighted by Gasteiger charge is 2.29. The highest BCUT2D eigenvalue weighted by molar-refractivity contribution is 6.31. The zero-order valence-electron chi connectivity index (χ0n) is 11.6. The minimum Gasteiger partial charge on any atom is -0.384 e. The highest BCUT2D eigenvalue weighted by atomic mass is 35.5. The second-order valence-corrected chi connectivity index (χ2v) is 6.14. The van der Waals surface area contributed by atoms with E-state index in [1.165, 1.54) is 25.8 Å². The van der Waals surface area contributed by atoms with Crippen LogP contribution >= 0.6 is 11.6 Å². The molecule has 4 nitrogen and oxygen atoms in total. The maximum atomic E-state index is 7.76. The van der Waals surface area contributed by atoms with E-state index >= 15 is 0 Å². The van der Waals surface area contributed by atoms with Crippen LogP contribution in [-0.2, 0) is 0 Å². The number of amidine groups is 1. The van der Waals surface area contributed by atoms with Gasteiger partial charge in [0.15, 0.2) is 0 Å². The molecule has 2 heterocycles. The van der Waals surface area contributed by atoms with E-state index in [4.69, 9.17) is 22.7 Å². The lowest BCUT2D eigenvalue weighted by molar-refractivity contribution is 0.133. The van der Waals surface area contributed by atoms with E-state index < -0.39 is 0 Å². The molecule has 1 aromatic carbocycles. The molecule has 0 amide bonds.